The fourth-order valence-corrected chi connectivity index (χ4v) is 2.84. The van der Waals surface area contributed by atoms with Crippen LogP contribution in [0.25, 0.3) is 0 Å². The largest absolute Gasteiger partial charge is 0.395 e. The van der Waals surface area contributed by atoms with Crippen molar-refractivity contribution in [2.45, 2.75) is 76.2 Å². The van der Waals surface area contributed by atoms with Crippen LogP contribution in [0.15, 0.2) is 0 Å². The average molecular weight is 252 g/mol. The highest BCUT2D eigenvalue weighted by atomic mass is 16.3. The zero-order valence-corrected chi connectivity index (χ0v) is 11.6. The summed E-state index contributed by atoms with van der Waals surface area (Å²) in [4.78, 5) is 0. The third-order valence-corrected chi connectivity index (χ3v) is 4.00. The number of hydrogen-bond acceptors (Lipinski definition) is 3. The van der Waals surface area contributed by atoms with Gasteiger partial charge in [-0.25, -0.2) is 0 Å². The van der Waals surface area contributed by atoms with E-state index in [-0.39, 0.29) is 12.1 Å². The molecule has 3 heteroatoms. The summed E-state index contributed by atoms with van der Waals surface area (Å²) < 4.78 is 0. The summed E-state index contributed by atoms with van der Waals surface area (Å²) in [6, 6.07) is 2.48. The molecule has 1 rings (SSSR count). The van der Waals surface area contributed by atoms with E-state index in [1.165, 1.54) is 44.9 Å². The second kappa shape index (κ2) is 9.35. The maximum absolute atomic E-state index is 9.48. The molecule has 1 saturated carbocycles. The van der Waals surface area contributed by atoms with E-state index in [2.05, 4.69) is 11.4 Å². The van der Waals surface area contributed by atoms with Gasteiger partial charge in [-0.15, -0.1) is 0 Å². The number of aliphatic hydroxyl groups excluding tert-OH is 1. The van der Waals surface area contributed by atoms with Crippen LogP contribution in [0, 0.1) is 11.3 Å². The van der Waals surface area contributed by atoms with Crippen molar-refractivity contribution >= 4 is 0 Å². The first-order chi connectivity index (χ1) is 8.83. The molecule has 0 aromatic heterocycles. The quantitative estimate of drug-likeness (QED) is 0.811. The molecule has 0 amide bonds. The second-order valence-corrected chi connectivity index (χ2v) is 5.53. The SMILES string of the molecule is N#CC1(NCCO)CCCCCCCCCCC1. The molecule has 1 aliphatic rings. The van der Waals surface area contributed by atoms with Gasteiger partial charge >= 0.3 is 0 Å². The van der Waals surface area contributed by atoms with Crippen LogP contribution in [0.4, 0.5) is 0 Å². The minimum Gasteiger partial charge on any atom is -0.395 e. The van der Waals surface area contributed by atoms with Gasteiger partial charge in [-0.2, -0.15) is 5.26 Å². The van der Waals surface area contributed by atoms with Gasteiger partial charge in [-0.1, -0.05) is 57.8 Å². The Morgan fingerprint density at radius 2 is 1.33 bits per heavy atom. The molecule has 1 aliphatic carbocycles. The molecular formula is C15H28N2O. The second-order valence-electron chi connectivity index (χ2n) is 5.53. The Labute approximate surface area is 112 Å². The molecule has 0 atom stereocenters. The van der Waals surface area contributed by atoms with Gasteiger partial charge in [0.1, 0.15) is 5.54 Å². The third kappa shape index (κ3) is 5.84. The number of nitriles is 1. The molecular weight excluding hydrogens is 224 g/mol. The molecule has 0 spiro atoms. The Balaban J connectivity index is 2.50. The van der Waals surface area contributed by atoms with Crippen LogP contribution in [0.2, 0.25) is 0 Å². The highest BCUT2D eigenvalue weighted by molar-refractivity contribution is 5.06. The van der Waals surface area contributed by atoms with Gasteiger partial charge in [0, 0.05) is 6.54 Å². The summed E-state index contributed by atoms with van der Waals surface area (Å²) in [5.74, 6) is 0. The molecule has 0 heterocycles. The van der Waals surface area contributed by atoms with Crippen molar-refractivity contribution in [3.05, 3.63) is 0 Å². The van der Waals surface area contributed by atoms with Gasteiger partial charge in [-0.05, 0) is 12.8 Å². The number of nitrogens with zero attached hydrogens (tertiary/aromatic N) is 1. The van der Waals surface area contributed by atoms with Gasteiger partial charge in [0.25, 0.3) is 0 Å². The Hall–Kier alpha value is -0.590. The van der Waals surface area contributed by atoms with Crippen LogP contribution < -0.4 is 5.32 Å². The number of rotatable bonds is 3. The van der Waals surface area contributed by atoms with Gasteiger partial charge < -0.3 is 5.11 Å². The third-order valence-electron chi connectivity index (χ3n) is 4.00. The summed E-state index contributed by atoms with van der Waals surface area (Å²) in [6.07, 6.45) is 13.3. The Morgan fingerprint density at radius 1 is 0.889 bits per heavy atom. The summed E-state index contributed by atoms with van der Waals surface area (Å²) in [5.41, 5.74) is -0.387. The van der Waals surface area contributed by atoms with E-state index in [0.29, 0.717) is 6.54 Å². The van der Waals surface area contributed by atoms with Crippen molar-refractivity contribution in [2.75, 3.05) is 13.2 Å². The highest BCUT2D eigenvalue weighted by Crippen LogP contribution is 2.24. The molecule has 0 aromatic carbocycles. The molecule has 0 aromatic rings. The van der Waals surface area contributed by atoms with E-state index in [1.807, 2.05) is 0 Å². The molecule has 0 radical (unpaired) electrons. The normalized spacial score (nSPS) is 22.4. The molecule has 2 N–H and O–H groups in total. The van der Waals surface area contributed by atoms with Crippen molar-refractivity contribution in [2.24, 2.45) is 0 Å². The maximum Gasteiger partial charge on any atom is 0.106 e. The lowest BCUT2D eigenvalue weighted by atomic mass is 9.86. The van der Waals surface area contributed by atoms with E-state index in [4.69, 9.17) is 5.11 Å². The van der Waals surface area contributed by atoms with Gasteiger partial charge in [0.2, 0.25) is 0 Å². The van der Waals surface area contributed by atoms with Crippen molar-refractivity contribution in [1.82, 2.24) is 5.32 Å². The van der Waals surface area contributed by atoms with Crippen molar-refractivity contribution in [3.63, 3.8) is 0 Å². The molecule has 1 fully saturated rings. The maximum atomic E-state index is 9.48. The predicted molar refractivity (Wildman–Crippen MR) is 74.2 cm³/mol. The number of β-amino-alcohol motifs (C(OH)–C–C–N with tert-alkyl or cyclic N) is 1. The molecule has 0 bridgehead atoms. The number of hydrogen-bond donors (Lipinski definition) is 2. The molecule has 18 heavy (non-hydrogen) atoms. The first-order valence-corrected chi connectivity index (χ1v) is 7.60. The zero-order valence-electron chi connectivity index (χ0n) is 11.6. The van der Waals surface area contributed by atoms with E-state index >= 15 is 0 Å². The van der Waals surface area contributed by atoms with Crippen molar-refractivity contribution < 1.29 is 5.11 Å². The summed E-state index contributed by atoms with van der Waals surface area (Å²) >= 11 is 0. The predicted octanol–water partition coefficient (Wildman–Crippen LogP) is 3.14. The van der Waals surface area contributed by atoms with Crippen LogP contribution in [0.1, 0.15) is 70.6 Å². The van der Waals surface area contributed by atoms with Crippen LogP contribution in [-0.2, 0) is 0 Å². The lowest BCUT2D eigenvalue weighted by molar-refractivity contribution is 0.256. The minimum absolute atomic E-state index is 0.115. The number of nitrogens with one attached hydrogen (secondary N) is 1. The summed E-state index contributed by atoms with van der Waals surface area (Å²) in [5, 5.41) is 21.7. The molecule has 0 unspecified atom stereocenters. The molecule has 0 saturated heterocycles. The summed E-state index contributed by atoms with van der Waals surface area (Å²) in [6.45, 7) is 0.650. The van der Waals surface area contributed by atoms with E-state index in [9.17, 15) is 5.26 Å². The molecule has 104 valence electrons. The topological polar surface area (TPSA) is 56.0 Å². The van der Waals surface area contributed by atoms with Crippen LogP contribution >= 0.6 is 0 Å². The minimum atomic E-state index is -0.387. The smallest absolute Gasteiger partial charge is 0.106 e. The van der Waals surface area contributed by atoms with Crippen LogP contribution in [-0.4, -0.2) is 23.8 Å². The average Bonchev–Trinajstić information content (AvgIpc) is 2.39. The monoisotopic (exact) mass is 252 g/mol. The van der Waals surface area contributed by atoms with Crippen molar-refractivity contribution in [1.29, 1.82) is 5.26 Å². The fraction of sp³-hybridized carbons (Fsp3) is 0.933. The van der Waals surface area contributed by atoms with Crippen LogP contribution in [0.3, 0.4) is 0 Å². The molecule has 0 aliphatic heterocycles. The standard InChI is InChI=1S/C15H28N2O/c16-14-15(17-12-13-18)10-8-6-4-2-1-3-5-7-9-11-15/h17-18H,1-13H2. The summed E-state index contributed by atoms with van der Waals surface area (Å²) in [7, 11) is 0. The van der Waals surface area contributed by atoms with E-state index in [1.54, 1.807) is 0 Å². The fourth-order valence-electron chi connectivity index (χ4n) is 2.84. The van der Waals surface area contributed by atoms with Crippen molar-refractivity contribution in [3.8, 4) is 6.07 Å². The van der Waals surface area contributed by atoms with Crippen LogP contribution in [0.5, 0.6) is 0 Å². The molecule has 3 nitrogen and oxygen atoms in total. The number of aliphatic hydroxyl groups is 1. The van der Waals surface area contributed by atoms with E-state index < -0.39 is 0 Å². The Kier molecular flexibility index (Phi) is 8.04. The highest BCUT2D eigenvalue weighted by Gasteiger charge is 2.28. The first kappa shape index (κ1) is 15.5. The Bertz CT molecular complexity index is 235. The Morgan fingerprint density at radius 3 is 1.72 bits per heavy atom. The first-order valence-electron chi connectivity index (χ1n) is 7.60. The zero-order chi connectivity index (χ0) is 13.1. The van der Waals surface area contributed by atoms with Gasteiger partial charge in [0.15, 0.2) is 0 Å². The lowest BCUT2D eigenvalue weighted by Crippen LogP contribution is -2.45. The van der Waals surface area contributed by atoms with Gasteiger partial charge in [0.05, 0.1) is 12.7 Å². The van der Waals surface area contributed by atoms with Gasteiger partial charge in [-0.3, -0.25) is 5.32 Å². The lowest BCUT2D eigenvalue weighted by Gasteiger charge is -2.28. The van der Waals surface area contributed by atoms with E-state index in [0.717, 1.165) is 25.7 Å².